The van der Waals surface area contributed by atoms with Crippen LogP contribution in [-0.4, -0.2) is 51.8 Å². The van der Waals surface area contributed by atoms with Gasteiger partial charge in [0.05, 0.1) is 5.54 Å². The lowest BCUT2D eigenvalue weighted by Crippen LogP contribution is -2.49. The van der Waals surface area contributed by atoms with Gasteiger partial charge in [-0.15, -0.1) is 10.1 Å². The maximum Gasteiger partial charge on any atom is 0.328 e. The summed E-state index contributed by atoms with van der Waals surface area (Å²) < 4.78 is 0. The molecular weight excluding hydrogens is 290 g/mol. The SMILES string of the molecule is CC(C)(N)C(=O)NCCO[N+](=O)[O-].O=C(O)C=CC(=O)O. The molecule has 5 N–H and O–H groups in total. The number of amides is 1. The topological polar surface area (TPSA) is 182 Å². The molecule has 0 saturated carbocycles. The Morgan fingerprint density at radius 1 is 1.29 bits per heavy atom. The number of nitrogens with zero attached hydrogens (tertiary/aromatic N) is 1. The van der Waals surface area contributed by atoms with E-state index in [1.165, 1.54) is 13.8 Å². The molecular formula is C10H17N3O8. The predicted molar refractivity (Wildman–Crippen MR) is 68.6 cm³/mol. The first-order valence-corrected chi connectivity index (χ1v) is 5.45. The predicted octanol–water partition coefficient (Wildman–Crippen LogP) is -1.24. The van der Waals surface area contributed by atoms with Crippen molar-refractivity contribution in [3.63, 3.8) is 0 Å². The molecule has 0 atom stereocenters. The minimum atomic E-state index is -1.26. The van der Waals surface area contributed by atoms with Crippen LogP contribution in [0.15, 0.2) is 12.2 Å². The van der Waals surface area contributed by atoms with E-state index in [4.69, 9.17) is 15.9 Å². The molecule has 0 aromatic rings. The minimum absolute atomic E-state index is 0.0699. The number of nitrogens with two attached hydrogens (primary N) is 1. The fourth-order valence-electron chi connectivity index (χ4n) is 0.655. The van der Waals surface area contributed by atoms with Gasteiger partial charge in [-0.1, -0.05) is 0 Å². The lowest BCUT2D eigenvalue weighted by atomic mass is 10.1. The molecule has 0 aliphatic rings. The average Bonchev–Trinajstić information content (AvgIpc) is 2.31. The summed E-state index contributed by atoms with van der Waals surface area (Å²) in [5.74, 6) is -2.89. The summed E-state index contributed by atoms with van der Waals surface area (Å²) in [6.45, 7) is 2.97. The van der Waals surface area contributed by atoms with E-state index in [1.807, 2.05) is 0 Å². The molecule has 0 unspecified atom stereocenters. The third-order valence-electron chi connectivity index (χ3n) is 1.54. The first kappa shape index (κ1) is 20.6. The second kappa shape index (κ2) is 10.1. The van der Waals surface area contributed by atoms with Gasteiger partial charge in [-0.25, -0.2) is 9.59 Å². The number of carboxylic acids is 2. The van der Waals surface area contributed by atoms with E-state index in [0.717, 1.165) is 0 Å². The zero-order valence-electron chi connectivity index (χ0n) is 11.4. The minimum Gasteiger partial charge on any atom is -0.478 e. The molecule has 0 radical (unpaired) electrons. The van der Waals surface area contributed by atoms with Gasteiger partial charge >= 0.3 is 11.9 Å². The highest BCUT2D eigenvalue weighted by Gasteiger charge is 2.20. The lowest BCUT2D eigenvalue weighted by molar-refractivity contribution is -0.757. The van der Waals surface area contributed by atoms with Crippen LogP contribution in [-0.2, 0) is 19.2 Å². The normalized spacial score (nSPS) is 10.2. The van der Waals surface area contributed by atoms with Crippen molar-refractivity contribution >= 4 is 17.8 Å². The van der Waals surface area contributed by atoms with E-state index >= 15 is 0 Å². The highest BCUT2D eigenvalue weighted by molar-refractivity contribution is 5.89. The number of aliphatic carboxylic acids is 2. The Bertz CT molecular complexity index is 397. The number of rotatable bonds is 7. The van der Waals surface area contributed by atoms with Gasteiger partial charge in [0, 0.05) is 18.7 Å². The van der Waals surface area contributed by atoms with Crippen LogP contribution in [0.2, 0.25) is 0 Å². The second-order valence-corrected chi connectivity index (χ2v) is 4.04. The quantitative estimate of drug-likeness (QED) is 0.193. The molecule has 120 valence electrons. The first-order chi connectivity index (χ1) is 9.46. The number of hydrogen-bond acceptors (Lipinski definition) is 7. The summed E-state index contributed by atoms with van der Waals surface area (Å²) in [5.41, 5.74) is 4.46. The molecule has 11 heteroatoms. The number of carboxylic acid groups (broad SMARTS) is 2. The molecule has 11 nitrogen and oxygen atoms in total. The van der Waals surface area contributed by atoms with Crippen LogP contribution in [0.5, 0.6) is 0 Å². The van der Waals surface area contributed by atoms with Gasteiger partial charge < -0.3 is 26.1 Å². The van der Waals surface area contributed by atoms with Crippen LogP contribution in [0.3, 0.4) is 0 Å². The molecule has 0 rings (SSSR count). The Hall–Kier alpha value is -2.69. The number of hydrogen-bond donors (Lipinski definition) is 4. The van der Waals surface area contributed by atoms with Crippen molar-refractivity contribution in [2.75, 3.05) is 13.2 Å². The molecule has 0 fully saturated rings. The van der Waals surface area contributed by atoms with Crippen LogP contribution < -0.4 is 11.1 Å². The Kier molecular flexibility index (Phi) is 9.96. The smallest absolute Gasteiger partial charge is 0.328 e. The molecule has 0 aromatic heterocycles. The largest absolute Gasteiger partial charge is 0.478 e. The molecule has 1 amide bonds. The highest BCUT2D eigenvalue weighted by atomic mass is 16.9. The van der Waals surface area contributed by atoms with Crippen molar-refractivity contribution in [3.05, 3.63) is 22.3 Å². The Labute approximate surface area is 119 Å². The van der Waals surface area contributed by atoms with Gasteiger partial charge in [0.2, 0.25) is 5.91 Å². The van der Waals surface area contributed by atoms with Crippen LogP contribution in [0.1, 0.15) is 13.8 Å². The maximum atomic E-state index is 11.0. The monoisotopic (exact) mass is 307 g/mol. The standard InChI is InChI=1S/C6H13N3O4.C4H4O4/c1-6(2,7)5(10)8-3-4-13-9(11)12;5-3(6)1-2-4(7)8/h3-4,7H2,1-2H3,(H,8,10);1-2H,(H,5,6)(H,7,8). The van der Waals surface area contributed by atoms with E-state index in [0.29, 0.717) is 12.2 Å². The van der Waals surface area contributed by atoms with Gasteiger partial charge in [-0.05, 0) is 13.8 Å². The van der Waals surface area contributed by atoms with Crippen molar-refractivity contribution in [1.29, 1.82) is 0 Å². The van der Waals surface area contributed by atoms with Crippen LogP contribution in [0.25, 0.3) is 0 Å². The maximum absolute atomic E-state index is 11.0. The zero-order valence-corrected chi connectivity index (χ0v) is 11.4. The molecule has 0 saturated heterocycles. The molecule has 21 heavy (non-hydrogen) atoms. The van der Waals surface area contributed by atoms with E-state index in [9.17, 15) is 24.5 Å². The Morgan fingerprint density at radius 3 is 2.00 bits per heavy atom. The number of carbonyl (C=O) groups is 3. The summed E-state index contributed by atoms with van der Waals surface area (Å²) in [7, 11) is 0. The van der Waals surface area contributed by atoms with Crippen LogP contribution >= 0.6 is 0 Å². The summed E-state index contributed by atoms with van der Waals surface area (Å²) in [4.78, 5) is 43.8. The van der Waals surface area contributed by atoms with Gasteiger partial charge in [-0.3, -0.25) is 4.79 Å². The Balaban J connectivity index is 0. The molecule has 0 aliphatic carbocycles. The van der Waals surface area contributed by atoms with E-state index in [2.05, 4.69) is 10.2 Å². The van der Waals surface area contributed by atoms with Crippen molar-refractivity contribution in [1.82, 2.24) is 5.32 Å². The van der Waals surface area contributed by atoms with Crippen molar-refractivity contribution in [2.24, 2.45) is 5.73 Å². The van der Waals surface area contributed by atoms with Crippen molar-refractivity contribution in [3.8, 4) is 0 Å². The van der Waals surface area contributed by atoms with Gasteiger partial charge in [0.25, 0.3) is 5.09 Å². The van der Waals surface area contributed by atoms with Gasteiger partial charge in [0.15, 0.2) is 0 Å². The summed E-state index contributed by atoms with van der Waals surface area (Å²) in [6, 6.07) is 0. The van der Waals surface area contributed by atoms with Crippen LogP contribution in [0.4, 0.5) is 0 Å². The van der Waals surface area contributed by atoms with E-state index in [-0.39, 0.29) is 19.1 Å². The van der Waals surface area contributed by atoms with Crippen molar-refractivity contribution in [2.45, 2.75) is 19.4 Å². The van der Waals surface area contributed by atoms with Crippen molar-refractivity contribution < 1.29 is 34.5 Å². The zero-order chi connectivity index (χ0) is 17.1. The number of nitrogens with one attached hydrogen (secondary N) is 1. The van der Waals surface area contributed by atoms with Crippen LogP contribution in [0, 0.1) is 10.1 Å². The molecule has 0 bridgehead atoms. The molecule has 0 aromatic carbocycles. The molecule has 0 heterocycles. The molecule has 0 aliphatic heterocycles. The third-order valence-corrected chi connectivity index (χ3v) is 1.54. The third kappa shape index (κ3) is 17.3. The highest BCUT2D eigenvalue weighted by Crippen LogP contribution is 1.94. The lowest BCUT2D eigenvalue weighted by Gasteiger charge is -2.17. The van der Waals surface area contributed by atoms with E-state index in [1.54, 1.807) is 0 Å². The molecule has 0 spiro atoms. The fraction of sp³-hybridized carbons (Fsp3) is 0.500. The Morgan fingerprint density at radius 2 is 1.71 bits per heavy atom. The first-order valence-electron chi connectivity index (χ1n) is 5.45. The second-order valence-electron chi connectivity index (χ2n) is 4.04. The van der Waals surface area contributed by atoms with E-state index < -0.39 is 22.6 Å². The summed E-state index contributed by atoms with van der Waals surface area (Å²) >= 11 is 0. The average molecular weight is 307 g/mol. The summed E-state index contributed by atoms with van der Waals surface area (Å²) in [5, 5.41) is 26.8. The number of carbonyl (C=O) groups excluding carboxylic acids is 1. The fourth-order valence-corrected chi connectivity index (χ4v) is 0.655. The van der Waals surface area contributed by atoms with Gasteiger partial charge in [0.1, 0.15) is 6.61 Å². The van der Waals surface area contributed by atoms with Gasteiger partial charge in [-0.2, -0.15) is 0 Å². The summed E-state index contributed by atoms with van der Waals surface area (Å²) in [6.07, 6.45) is 1.12.